The topological polar surface area (TPSA) is 95.9 Å². The number of aliphatic hydroxyl groups excluding tert-OH is 1. The molecular formula is C20H27NO5. The van der Waals surface area contributed by atoms with Gasteiger partial charge in [-0.15, -0.1) is 0 Å². The number of rotatable bonds is 9. The highest BCUT2D eigenvalue weighted by Gasteiger charge is 2.09. The second kappa shape index (κ2) is 10.4. The highest BCUT2D eigenvalue weighted by atomic mass is 16.7. The Hall–Kier alpha value is -2.60. The Bertz CT molecular complexity index is 715. The molecule has 0 saturated heterocycles. The van der Waals surface area contributed by atoms with Gasteiger partial charge < -0.3 is 15.1 Å². The first kappa shape index (κ1) is 21.4. The Labute approximate surface area is 154 Å². The van der Waals surface area contributed by atoms with Crippen molar-refractivity contribution in [2.24, 2.45) is 0 Å². The van der Waals surface area contributed by atoms with Crippen LogP contribution in [0, 0.1) is 0 Å². The first-order valence-corrected chi connectivity index (χ1v) is 8.46. The van der Waals surface area contributed by atoms with Crippen molar-refractivity contribution in [1.29, 1.82) is 0 Å². The predicted octanol–water partition coefficient (Wildman–Crippen LogP) is 3.87. The first-order valence-electron chi connectivity index (χ1n) is 8.46. The monoisotopic (exact) mass is 361 g/mol. The van der Waals surface area contributed by atoms with Crippen LogP contribution in [0.3, 0.4) is 0 Å². The van der Waals surface area contributed by atoms with E-state index in [2.05, 4.69) is 26.3 Å². The van der Waals surface area contributed by atoms with Crippen LogP contribution in [0.2, 0.25) is 0 Å². The molecule has 0 aliphatic heterocycles. The number of allylic oxidation sites excluding steroid dienone is 3. The lowest BCUT2D eigenvalue weighted by atomic mass is 10.00. The summed E-state index contributed by atoms with van der Waals surface area (Å²) in [7, 11) is 0. The summed E-state index contributed by atoms with van der Waals surface area (Å²) in [5, 5.41) is 18.8. The third-order valence-electron chi connectivity index (χ3n) is 4.15. The molecule has 0 radical (unpaired) electrons. The van der Waals surface area contributed by atoms with E-state index in [0.717, 1.165) is 18.4 Å². The minimum Gasteiger partial charge on any atom is -0.478 e. The highest BCUT2D eigenvalue weighted by molar-refractivity contribution is 5.88. The Morgan fingerprint density at radius 2 is 1.85 bits per heavy atom. The lowest BCUT2D eigenvalue weighted by molar-refractivity contribution is -0.138. The number of hydrogen-bond acceptors (Lipinski definition) is 5. The van der Waals surface area contributed by atoms with Gasteiger partial charge in [-0.3, -0.25) is 4.79 Å². The number of aliphatic hydroxyl groups is 1. The van der Waals surface area contributed by atoms with E-state index in [1.165, 1.54) is 30.2 Å². The van der Waals surface area contributed by atoms with Gasteiger partial charge in [-0.05, 0) is 69.4 Å². The zero-order valence-electron chi connectivity index (χ0n) is 15.8. The van der Waals surface area contributed by atoms with E-state index >= 15 is 0 Å². The van der Waals surface area contributed by atoms with E-state index in [4.69, 9.17) is 4.84 Å². The van der Waals surface area contributed by atoms with E-state index in [0.29, 0.717) is 17.7 Å². The minimum atomic E-state index is -1.03. The standard InChI is InChI=1S/C20H27NO5/c1-13(2)14(3)5-6-16(12-22)7-8-17-11-18(20(24)25)9-10-19(17)21-26-15(4)23/h7,9-11,21-22H,5-6,8,12H2,1-4H3,(H,24,25)/b16-7-. The fourth-order valence-corrected chi connectivity index (χ4v) is 2.22. The molecule has 6 nitrogen and oxygen atoms in total. The van der Waals surface area contributed by atoms with Gasteiger partial charge in [0.2, 0.25) is 0 Å². The fourth-order valence-electron chi connectivity index (χ4n) is 2.22. The molecule has 0 aromatic heterocycles. The average molecular weight is 361 g/mol. The number of carbonyl (C=O) groups is 2. The molecule has 0 aliphatic carbocycles. The number of nitrogens with one attached hydrogen (secondary N) is 1. The highest BCUT2D eigenvalue weighted by Crippen LogP contribution is 2.21. The molecule has 26 heavy (non-hydrogen) atoms. The van der Waals surface area contributed by atoms with Gasteiger partial charge in [0.15, 0.2) is 0 Å². The molecule has 0 atom stereocenters. The van der Waals surface area contributed by atoms with Gasteiger partial charge >= 0.3 is 11.9 Å². The summed E-state index contributed by atoms with van der Waals surface area (Å²) >= 11 is 0. The van der Waals surface area contributed by atoms with Gasteiger partial charge in [0.25, 0.3) is 0 Å². The molecule has 0 saturated carbocycles. The van der Waals surface area contributed by atoms with Crippen LogP contribution in [0.25, 0.3) is 0 Å². The Morgan fingerprint density at radius 3 is 2.38 bits per heavy atom. The second-order valence-electron chi connectivity index (χ2n) is 6.38. The van der Waals surface area contributed by atoms with Crippen LogP contribution in [-0.2, 0) is 16.1 Å². The van der Waals surface area contributed by atoms with Gasteiger partial charge in [0.1, 0.15) is 0 Å². The fraction of sp³-hybridized carbons (Fsp3) is 0.400. The third kappa shape index (κ3) is 7.11. The number of aromatic carboxylic acids is 1. The van der Waals surface area contributed by atoms with Gasteiger partial charge in [-0.25, -0.2) is 10.3 Å². The summed E-state index contributed by atoms with van der Waals surface area (Å²) < 4.78 is 0. The van der Waals surface area contributed by atoms with Crippen LogP contribution in [0.15, 0.2) is 41.0 Å². The smallest absolute Gasteiger partial charge is 0.335 e. The summed E-state index contributed by atoms with van der Waals surface area (Å²) in [6.07, 6.45) is 3.90. The number of anilines is 1. The maximum atomic E-state index is 11.2. The Balaban J connectivity index is 2.98. The van der Waals surface area contributed by atoms with Crippen molar-refractivity contribution in [3.63, 3.8) is 0 Å². The Morgan fingerprint density at radius 1 is 1.15 bits per heavy atom. The number of carboxylic acids is 1. The molecule has 0 aliphatic rings. The van der Waals surface area contributed by atoms with E-state index in [1.54, 1.807) is 6.07 Å². The zero-order chi connectivity index (χ0) is 19.7. The summed E-state index contributed by atoms with van der Waals surface area (Å²) in [5.41, 5.74) is 7.30. The quantitative estimate of drug-likeness (QED) is 0.456. The molecule has 3 N–H and O–H groups in total. The normalized spacial score (nSPS) is 11.0. The number of hydrogen-bond donors (Lipinski definition) is 3. The third-order valence-corrected chi connectivity index (χ3v) is 4.15. The largest absolute Gasteiger partial charge is 0.478 e. The molecule has 0 spiro atoms. The molecule has 0 amide bonds. The summed E-state index contributed by atoms with van der Waals surface area (Å²) in [4.78, 5) is 27.0. The van der Waals surface area contributed by atoms with Crippen molar-refractivity contribution >= 4 is 17.6 Å². The molecule has 142 valence electrons. The molecule has 0 unspecified atom stereocenters. The van der Waals surface area contributed by atoms with Crippen molar-refractivity contribution in [3.8, 4) is 0 Å². The SMILES string of the molecule is CC(=O)ONc1ccc(C(=O)O)cc1C/C=C(\CO)CCC(C)=C(C)C. The minimum absolute atomic E-state index is 0.0542. The molecule has 1 aromatic rings. The van der Waals surface area contributed by atoms with Crippen molar-refractivity contribution in [2.75, 3.05) is 12.1 Å². The van der Waals surface area contributed by atoms with Gasteiger partial charge in [0.05, 0.1) is 17.9 Å². The Kier molecular flexibility index (Phi) is 8.58. The van der Waals surface area contributed by atoms with Crippen molar-refractivity contribution in [1.82, 2.24) is 0 Å². The average Bonchev–Trinajstić information content (AvgIpc) is 2.59. The van der Waals surface area contributed by atoms with E-state index in [9.17, 15) is 19.8 Å². The molecule has 0 bridgehead atoms. The number of benzene rings is 1. The lowest BCUT2D eigenvalue weighted by Crippen LogP contribution is -2.09. The van der Waals surface area contributed by atoms with Crippen LogP contribution in [0.4, 0.5) is 5.69 Å². The maximum absolute atomic E-state index is 11.2. The van der Waals surface area contributed by atoms with E-state index in [-0.39, 0.29) is 12.2 Å². The summed E-state index contributed by atoms with van der Waals surface area (Å²) in [6, 6.07) is 4.52. The van der Waals surface area contributed by atoms with Crippen molar-refractivity contribution < 1.29 is 24.6 Å². The zero-order valence-corrected chi connectivity index (χ0v) is 15.8. The second-order valence-corrected chi connectivity index (χ2v) is 6.38. The maximum Gasteiger partial charge on any atom is 0.335 e. The molecule has 1 aromatic carbocycles. The van der Waals surface area contributed by atoms with Crippen LogP contribution >= 0.6 is 0 Å². The van der Waals surface area contributed by atoms with Crippen LogP contribution < -0.4 is 5.48 Å². The van der Waals surface area contributed by atoms with Gasteiger partial charge in [-0.1, -0.05) is 17.2 Å². The number of carboxylic acid groups (broad SMARTS) is 1. The molecule has 0 fully saturated rings. The summed E-state index contributed by atoms with van der Waals surface area (Å²) in [5.74, 6) is -1.53. The first-order chi connectivity index (χ1) is 12.2. The van der Waals surface area contributed by atoms with Crippen LogP contribution in [-0.4, -0.2) is 28.8 Å². The molecule has 0 heterocycles. The van der Waals surface area contributed by atoms with Crippen LogP contribution in [0.5, 0.6) is 0 Å². The van der Waals surface area contributed by atoms with E-state index < -0.39 is 11.9 Å². The van der Waals surface area contributed by atoms with Gasteiger partial charge in [0, 0.05) is 6.92 Å². The molecule has 1 rings (SSSR count). The van der Waals surface area contributed by atoms with Crippen molar-refractivity contribution in [3.05, 3.63) is 52.1 Å². The van der Waals surface area contributed by atoms with Gasteiger partial charge in [-0.2, -0.15) is 0 Å². The summed E-state index contributed by atoms with van der Waals surface area (Å²) in [6.45, 7) is 7.40. The van der Waals surface area contributed by atoms with Crippen LogP contribution in [0.1, 0.15) is 56.5 Å². The number of carbonyl (C=O) groups excluding carboxylic acids is 1. The molecule has 6 heteroatoms. The lowest BCUT2D eigenvalue weighted by Gasteiger charge is -2.12. The molecular weight excluding hydrogens is 334 g/mol. The van der Waals surface area contributed by atoms with Crippen molar-refractivity contribution in [2.45, 2.75) is 47.0 Å². The predicted molar refractivity (Wildman–Crippen MR) is 101 cm³/mol. The van der Waals surface area contributed by atoms with E-state index in [1.807, 2.05) is 6.08 Å².